The van der Waals surface area contributed by atoms with E-state index in [-0.39, 0.29) is 5.91 Å². The summed E-state index contributed by atoms with van der Waals surface area (Å²) in [5, 5.41) is 2.80. The highest BCUT2D eigenvalue weighted by atomic mass is 16.2. The van der Waals surface area contributed by atoms with Crippen molar-refractivity contribution in [2.45, 2.75) is 26.4 Å². The third-order valence-electron chi connectivity index (χ3n) is 2.75. The van der Waals surface area contributed by atoms with Crippen LogP contribution < -0.4 is 5.32 Å². The Hall–Kier alpha value is -1.61. The lowest BCUT2D eigenvalue weighted by molar-refractivity contribution is -0.122. The van der Waals surface area contributed by atoms with Gasteiger partial charge in [0.2, 0.25) is 5.91 Å². The van der Waals surface area contributed by atoms with Crippen LogP contribution >= 0.6 is 0 Å². The molecular weight excluding hydrogens is 224 g/mol. The van der Waals surface area contributed by atoms with Gasteiger partial charge in [0.25, 0.3) is 0 Å². The first-order valence-electron chi connectivity index (χ1n) is 6.29. The molecule has 0 unspecified atom stereocenters. The van der Waals surface area contributed by atoms with Crippen molar-refractivity contribution in [1.29, 1.82) is 0 Å². The number of benzene rings is 1. The number of hydrogen-bond acceptors (Lipinski definition) is 2. The Morgan fingerprint density at radius 3 is 2.61 bits per heavy atom. The lowest BCUT2D eigenvalue weighted by Crippen LogP contribution is -2.40. The second kappa shape index (κ2) is 7.67. The Balaban J connectivity index is 2.55. The van der Waals surface area contributed by atoms with Crippen LogP contribution in [0.1, 0.15) is 19.4 Å². The highest BCUT2D eigenvalue weighted by Gasteiger charge is 2.13. The van der Waals surface area contributed by atoms with Crippen molar-refractivity contribution >= 4 is 5.91 Å². The molecule has 0 heterocycles. The quantitative estimate of drug-likeness (QED) is 0.748. The molecule has 0 atom stereocenters. The normalized spacial score (nSPS) is 10.7. The number of carbonyl (C=O) groups excluding carboxylic acids is 1. The van der Waals surface area contributed by atoms with Crippen molar-refractivity contribution in [3.63, 3.8) is 0 Å². The van der Waals surface area contributed by atoms with E-state index in [1.54, 1.807) is 6.08 Å². The van der Waals surface area contributed by atoms with Gasteiger partial charge in [0.15, 0.2) is 0 Å². The third kappa shape index (κ3) is 5.15. The highest BCUT2D eigenvalue weighted by molar-refractivity contribution is 5.78. The van der Waals surface area contributed by atoms with Gasteiger partial charge in [-0.3, -0.25) is 9.69 Å². The second-order valence-electron chi connectivity index (χ2n) is 4.58. The molecule has 0 saturated carbocycles. The van der Waals surface area contributed by atoms with Gasteiger partial charge >= 0.3 is 0 Å². The zero-order valence-electron chi connectivity index (χ0n) is 11.2. The molecule has 1 rings (SSSR count). The zero-order chi connectivity index (χ0) is 13.4. The molecule has 1 amide bonds. The van der Waals surface area contributed by atoms with Crippen molar-refractivity contribution in [2.24, 2.45) is 0 Å². The topological polar surface area (TPSA) is 32.3 Å². The smallest absolute Gasteiger partial charge is 0.234 e. The Bertz CT molecular complexity index is 373. The Morgan fingerprint density at radius 2 is 2.06 bits per heavy atom. The predicted octanol–water partition coefficient (Wildman–Crippen LogP) is 2.20. The first-order chi connectivity index (χ1) is 8.63. The Kier molecular flexibility index (Phi) is 6.15. The van der Waals surface area contributed by atoms with Crippen molar-refractivity contribution in [3.05, 3.63) is 48.6 Å². The molecule has 0 spiro atoms. The van der Waals surface area contributed by atoms with Gasteiger partial charge in [0.1, 0.15) is 0 Å². The van der Waals surface area contributed by atoms with Gasteiger partial charge in [-0.25, -0.2) is 0 Å². The van der Waals surface area contributed by atoms with Gasteiger partial charge in [-0.05, 0) is 19.4 Å². The van der Waals surface area contributed by atoms with Gasteiger partial charge in [-0.15, -0.1) is 6.58 Å². The van der Waals surface area contributed by atoms with Crippen LogP contribution in [0.3, 0.4) is 0 Å². The molecule has 1 aromatic rings. The molecule has 0 aliphatic heterocycles. The molecule has 3 nitrogen and oxygen atoms in total. The predicted molar refractivity (Wildman–Crippen MR) is 75.2 cm³/mol. The molecule has 0 fully saturated rings. The van der Waals surface area contributed by atoms with Crippen LogP contribution in [0, 0.1) is 0 Å². The molecule has 0 aliphatic rings. The molecule has 0 saturated heterocycles. The van der Waals surface area contributed by atoms with Crippen molar-refractivity contribution in [1.82, 2.24) is 10.2 Å². The molecule has 0 aromatic heterocycles. The molecule has 1 aromatic carbocycles. The summed E-state index contributed by atoms with van der Waals surface area (Å²) in [6, 6.07) is 10.5. The highest BCUT2D eigenvalue weighted by Crippen LogP contribution is 2.07. The van der Waals surface area contributed by atoms with Crippen LogP contribution in [0.5, 0.6) is 0 Å². The summed E-state index contributed by atoms with van der Waals surface area (Å²) in [7, 11) is 0. The number of carbonyl (C=O) groups is 1. The van der Waals surface area contributed by atoms with Gasteiger partial charge in [-0.2, -0.15) is 0 Å². The number of nitrogens with zero attached hydrogens (tertiary/aromatic N) is 1. The maximum atomic E-state index is 11.7. The maximum absolute atomic E-state index is 11.7. The van der Waals surface area contributed by atoms with Crippen LogP contribution in [-0.2, 0) is 11.3 Å². The minimum Gasteiger partial charge on any atom is -0.352 e. The van der Waals surface area contributed by atoms with E-state index < -0.39 is 0 Å². The lowest BCUT2D eigenvalue weighted by Gasteiger charge is -2.25. The Morgan fingerprint density at radius 1 is 1.39 bits per heavy atom. The molecule has 1 N–H and O–H groups in total. The van der Waals surface area contributed by atoms with Crippen LogP contribution in [0.2, 0.25) is 0 Å². The molecule has 98 valence electrons. The fraction of sp³-hybridized carbons (Fsp3) is 0.400. The van der Waals surface area contributed by atoms with E-state index in [0.717, 1.165) is 6.54 Å². The molecule has 0 bridgehead atoms. The van der Waals surface area contributed by atoms with E-state index in [0.29, 0.717) is 19.1 Å². The van der Waals surface area contributed by atoms with Crippen molar-refractivity contribution in [2.75, 3.05) is 13.1 Å². The van der Waals surface area contributed by atoms with E-state index in [4.69, 9.17) is 0 Å². The third-order valence-corrected chi connectivity index (χ3v) is 2.75. The van der Waals surface area contributed by atoms with Gasteiger partial charge in [0.05, 0.1) is 6.54 Å². The van der Waals surface area contributed by atoms with Crippen molar-refractivity contribution < 1.29 is 4.79 Å². The van der Waals surface area contributed by atoms with Crippen LogP contribution in [0.25, 0.3) is 0 Å². The maximum Gasteiger partial charge on any atom is 0.234 e. The van der Waals surface area contributed by atoms with E-state index >= 15 is 0 Å². The van der Waals surface area contributed by atoms with Crippen molar-refractivity contribution in [3.8, 4) is 0 Å². The first-order valence-corrected chi connectivity index (χ1v) is 6.29. The van der Waals surface area contributed by atoms with Crippen LogP contribution in [-0.4, -0.2) is 29.9 Å². The van der Waals surface area contributed by atoms with Gasteiger partial charge in [-0.1, -0.05) is 36.4 Å². The molecular formula is C15H22N2O. The van der Waals surface area contributed by atoms with Crippen LogP contribution in [0.15, 0.2) is 43.0 Å². The average Bonchev–Trinajstić information content (AvgIpc) is 2.36. The summed E-state index contributed by atoms with van der Waals surface area (Å²) in [6.45, 7) is 9.52. The van der Waals surface area contributed by atoms with E-state index in [9.17, 15) is 4.79 Å². The van der Waals surface area contributed by atoms with Gasteiger partial charge < -0.3 is 5.32 Å². The van der Waals surface area contributed by atoms with E-state index in [2.05, 4.69) is 42.8 Å². The first kappa shape index (κ1) is 14.5. The fourth-order valence-corrected chi connectivity index (χ4v) is 1.67. The molecule has 18 heavy (non-hydrogen) atoms. The summed E-state index contributed by atoms with van der Waals surface area (Å²) in [4.78, 5) is 13.9. The monoisotopic (exact) mass is 246 g/mol. The summed E-state index contributed by atoms with van der Waals surface area (Å²) < 4.78 is 0. The van der Waals surface area contributed by atoms with E-state index in [1.807, 2.05) is 18.2 Å². The summed E-state index contributed by atoms with van der Waals surface area (Å²) in [5.41, 5.74) is 1.22. The number of amides is 1. The fourth-order valence-electron chi connectivity index (χ4n) is 1.67. The lowest BCUT2D eigenvalue weighted by atomic mass is 10.2. The Labute approximate surface area is 109 Å². The SMILES string of the molecule is C=CCNC(=O)CN(Cc1ccccc1)C(C)C. The van der Waals surface area contributed by atoms with E-state index in [1.165, 1.54) is 5.56 Å². The molecule has 3 heteroatoms. The van der Waals surface area contributed by atoms with Gasteiger partial charge in [0, 0.05) is 19.1 Å². The standard InChI is InChI=1S/C15H22N2O/c1-4-10-16-15(18)12-17(13(2)3)11-14-8-6-5-7-9-14/h4-9,13H,1,10-12H2,2-3H3,(H,16,18). The zero-order valence-corrected chi connectivity index (χ0v) is 11.2. The summed E-state index contributed by atoms with van der Waals surface area (Å²) >= 11 is 0. The molecule has 0 radical (unpaired) electrons. The summed E-state index contributed by atoms with van der Waals surface area (Å²) in [6.07, 6.45) is 1.69. The minimum absolute atomic E-state index is 0.0412. The number of hydrogen-bond donors (Lipinski definition) is 1. The average molecular weight is 246 g/mol. The number of nitrogens with one attached hydrogen (secondary N) is 1. The minimum atomic E-state index is 0.0412. The molecule has 0 aliphatic carbocycles. The number of rotatable bonds is 7. The van der Waals surface area contributed by atoms with Crippen LogP contribution in [0.4, 0.5) is 0 Å². The largest absolute Gasteiger partial charge is 0.352 e. The second-order valence-corrected chi connectivity index (χ2v) is 4.58. The summed E-state index contributed by atoms with van der Waals surface area (Å²) in [5.74, 6) is 0.0412.